The Hall–Kier alpha value is -0.600. The zero-order chi connectivity index (χ0) is 10.5. The van der Waals surface area contributed by atoms with E-state index in [1.165, 1.54) is 25.0 Å². The third-order valence-electron chi connectivity index (χ3n) is 3.47. The average Bonchev–Trinajstić information content (AvgIpc) is 2.67. The van der Waals surface area contributed by atoms with E-state index in [4.69, 9.17) is 16.3 Å². The van der Waals surface area contributed by atoms with E-state index < -0.39 is 0 Å². The van der Waals surface area contributed by atoms with Crippen LogP contribution in [-0.4, -0.2) is 5.60 Å². The van der Waals surface area contributed by atoms with Gasteiger partial charge in [-0.15, -0.1) is 0 Å². The molecule has 3 rings (SSSR count). The number of hydrogen-bond donors (Lipinski definition) is 0. The standard InChI is InChI=1S/C12H12ClFO/c13-10-7-8(14)3-4-9(10)11-12(15-11)5-1-2-6-12/h3-4,7,11H,1-2,5-6H2. The maximum absolute atomic E-state index is 12.9. The van der Waals surface area contributed by atoms with Crippen LogP contribution in [0.1, 0.15) is 37.4 Å². The predicted molar refractivity (Wildman–Crippen MR) is 56.4 cm³/mol. The van der Waals surface area contributed by atoms with Crippen molar-refractivity contribution in [3.8, 4) is 0 Å². The molecule has 2 aliphatic rings. The van der Waals surface area contributed by atoms with Gasteiger partial charge in [0.2, 0.25) is 0 Å². The Morgan fingerprint density at radius 3 is 2.73 bits per heavy atom. The van der Waals surface area contributed by atoms with Crippen molar-refractivity contribution in [2.24, 2.45) is 0 Å². The first kappa shape index (κ1) is 9.61. The summed E-state index contributed by atoms with van der Waals surface area (Å²) in [5.41, 5.74) is 0.988. The molecule has 3 heteroatoms. The summed E-state index contributed by atoms with van der Waals surface area (Å²) in [6.07, 6.45) is 4.80. The topological polar surface area (TPSA) is 12.5 Å². The van der Waals surface area contributed by atoms with Crippen LogP contribution in [0.5, 0.6) is 0 Å². The highest BCUT2D eigenvalue weighted by Gasteiger charge is 2.58. The minimum Gasteiger partial charge on any atom is -0.361 e. The molecule has 80 valence electrons. The second-order valence-corrected chi connectivity index (χ2v) is 4.84. The first-order valence-corrected chi connectivity index (χ1v) is 5.72. The number of benzene rings is 1. The first-order chi connectivity index (χ1) is 7.21. The number of hydrogen-bond acceptors (Lipinski definition) is 1. The van der Waals surface area contributed by atoms with Crippen LogP contribution in [0.2, 0.25) is 5.02 Å². The molecule has 1 spiro atoms. The van der Waals surface area contributed by atoms with E-state index in [1.54, 1.807) is 6.07 Å². The van der Waals surface area contributed by atoms with E-state index in [0.29, 0.717) is 5.02 Å². The van der Waals surface area contributed by atoms with Crippen LogP contribution in [0, 0.1) is 5.82 Å². The molecule has 1 aliphatic heterocycles. The van der Waals surface area contributed by atoms with Crippen molar-refractivity contribution in [1.29, 1.82) is 0 Å². The van der Waals surface area contributed by atoms with Gasteiger partial charge in [-0.25, -0.2) is 4.39 Å². The van der Waals surface area contributed by atoms with Crippen molar-refractivity contribution in [2.75, 3.05) is 0 Å². The Morgan fingerprint density at radius 1 is 1.33 bits per heavy atom. The average molecular weight is 227 g/mol. The van der Waals surface area contributed by atoms with Crippen molar-refractivity contribution in [1.82, 2.24) is 0 Å². The highest BCUT2D eigenvalue weighted by Crippen LogP contribution is 2.59. The normalized spacial score (nSPS) is 27.2. The Balaban J connectivity index is 1.89. The van der Waals surface area contributed by atoms with Crippen LogP contribution in [0.25, 0.3) is 0 Å². The largest absolute Gasteiger partial charge is 0.361 e. The fourth-order valence-electron chi connectivity index (χ4n) is 2.62. The predicted octanol–water partition coefficient (Wildman–Crippen LogP) is 3.86. The molecule has 1 aromatic rings. The SMILES string of the molecule is Fc1ccc(C2OC23CCCC3)c(Cl)c1. The maximum atomic E-state index is 12.9. The van der Waals surface area contributed by atoms with Crippen molar-refractivity contribution < 1.29 is 9.13 Å². The summed E-state index contributed by atoms with van der Waals surface area (Å²) in [5.74, 6) is -0.287. The van der Waals surface area contributed by atoms with Crippen molar-refractivity contribution in [3.63, 3.8) is 0 Å². The lowest BCUT2D eigenvalue weighted by atomic mass is 9.98. The molecule has 2 fully saturated rings. The Kier molecular flexibility index (Phi) is 2.05. The molecule has 1 unspecified atom stereocenters. The van der Waals surface area contributed by atoms with Crippen LogP contribution in [0.4, 0.5) is 4.39 Å². The molecule has 1 saturated carbocycles. The Labute approximate surface area is 93.2 Å². The second kappa shape index (κ2) is 3.19. The fraction of sp³-hybridized carbons (Fsp3) is 0.500. The summed E-state index contributed by atoms with van der Waals surface area (Å²) in [6.45, 7) is 0. The van der Waals surface area contributed by atoms with Gasteiger partial charge in [-0.3, -0.25) is 0 Å². The van der Waals surface area contributed by atoms with Crippen LogP contribution in [0.15, 0.2) is 18.2 Å². The summed E-state index contributed by atoms with van der Waals surface area (Å²) in [5, 5.41) is 0.490. The summed E-state index contributed by atoms with van der Waals surface area (Å²) >= 11 is 6.01. The fourth-order valence-corrected chi connectivity index (χ4v) is 2.88. The molecular formula is C12H12ClFO. The van der Waals surface area contributed by atoms with Crippen LogP contribution < -0.4 is 0 Å². The van der Waals surface area contributed by atoms with Crippen LogP contribution >= 0.6 is 11.6 Å². The van der Waals surface area contributed by atoms with Gasteiger partial charge in [-0.2, -0.15) is 0 Å². The van der Waals surface area contributed by atoms with Crippen molar-refractivity contribution in [2.45, 2.75) is 37.4 Å². The number of halogens is 2. The van der Waals surface area contributed by atoms with Crippen molar-refractivity contribution in [3.05, 3.63) is 34.6 Å². The molecular weight excluding hydrogens is 215 g/mol. The minimum atomic E-state index is -0.287. The summed E-state index contributed by atoms with van der Waals surface area (Å²) < 4.78 is 18.6. The van der Waals surface area contributed by atoms with Gasteiger partial charge >= 0.3 is 0 Å². The highest BCUT2D eigenvalue weighted by molar-refractivity contribution is 6.31. The van der Waals surface area contributed by atoms with Gasteiger partial charge in [-0.1, -0.05) is 30.5 Å². The molecule has 0 aromatic heterocycles. The Bertz CT molecular complexity index is 399. The molecule has 1 aromatic carbocycles. The molecule has 15 heavy (non-hydrogen) atoms. The van der Waals surface area contributed by atoms with Gasteiger partial charge in [0.15, 0.2) is 0 Å². The molecule has 1 saturated heterocycles. The quantitative estimate of drug-likeness (QED) is 0.663. The third-order valence-corrected chi connectivity index (χ3v) is 3.80. The van der Waals surface area contributed by atoms with E-state index >= 15 is 0 Å². The van der Waals surface area contributed by atoms with Gasteiger partial charge < -0.3 is 4.74 Å². The van der Waals surface area contributed by atoms with Crippen molar-refractivity contribution >= 4 is 11.6 Å². The smallest absolute Gasteiger partial charge is 0.124 e. The van der Waals surface area contributed by atoms with Gasteiger partial charge in [0.05, 0.1) is 5.60 Å². The summed E-state index contributed by atoms with van der Waals surface area (Å²) in [4.78, 5) is 0. The number of epoxide rings is 1. The zero-order valence-corrected chi connectivity index (χ0v) is 9.06. The van der Waals surface area contributed by atoms with E-state index in [-0.39, 0.29) is 17.5 Å². The minimum absolute atomic E-state index is 0.0431. The summed E-state index contributed by atoms with van der Waals surface area (Å²) in [7, 11) is 0. The Morgan fingerprint density at radius 2 is 2.07 bits per heavy atom. The molecule has 1 nitrogen and oxygen atoms in total. The van der Waals surface area contributed by atoms with Crippen LogP contribution in [0.3, 0.4) is 0 Å². The van der Waals surface area contributed by atoms with Gasteiger partial charge in [0.1, 0.15) is 11.9 Å². The number of rotatable bonds is 1. The lowest BCUT2D eigenvalue weighted by molar-refractivity contribution is 0.297. The van der Waals surface area contributed by atoms with E-state index in [2.05, 4.69) is 0 Å². The lowest BCUT2D eigenvalue weighted by Crippen LogP contribution is -2.04. The molecule has 0 radical (unpaired) electrons. The lowest BCUT2D eigenvalue weighted by Gasteiger charge is -2.03. The molecule has 0 amide bonds. The first-order valence-electron chi connectivity index (χ1n) is 5.34. The molecule has 0 bridgehead atoms. The zero-order valence-electron chi connectivity index (χ0n) is 8.30. The molecule has 1 heterocycles. The third kappa shape index (κ3) is 1.47. The van der Waals surface area contributed by atoms with E-state index in [0.717, 1.165) is 18.4 Å². The number of ether oxygens (including phenoxy) is 1. The second-order valence-electron chi connectivity index (χ2n) is 4.44. The van der Waals surface area contributed by atoms with Gasteiger partial charge in [0.25, 0.3) is 0 Å². The van der Waals surface area contributed by atoms with Gasteiger partial charge in [-0.05, 0) is 25.0 Å². The maximum Gasteiger partial charge on any atom is 0.124 e. The van der Waals surface area contributed by atoms with Crippen LogP contribution in [-0.2, 0) is 4.74 Å². The monoisotopic (exact) mass is 226 g/mol. The highest BCUT2D eigenvalue weighted by atomic mass is 35.5. The molecule has 1 atom stereocenters. The molecule has 0 N–H and O–H groups in total. The molecule has 1 aliphatic carbocycles. The van der Waals surface area contributed by atoms with E-state index in [1.807, 2.05) is 0 Å². The van der Waals surface area contributed by atoms with E-state index in [9.17, 15) is 4.39 Å². The van der Waals surface area contributed by atoms with Gasteiger partial charge in [0, 0.05) is 10.6 Å². The summed E-state index contributed by atoms with van der Waals surface area (Å²) in [6, 6.07) is 4.56.